The zero-order chi connectivity index (χ0) is 15.9. The van der Waals surface area contributed by atoms with Crippen LogP contribution in [0.2, 0.25) is 0 Å². The third-order valence-corrected chi connectivity index (χ3v) is 4.99. The molecule has 0 amide bonds. The van der Waals surface area contributed by atoms with Crippen LogP contribution in [0.25, 0.3) is 5.65 Å². The molecule has 0 fully saturated rings. The van der Waals surface area contributed by atoms with Crippen LogP contribution in [0, 0.1) is 20.8 Å². The maximum Gasteiger partial charge on any atom is 0.262 e. The number of imidazole rings is 1. The molecule has 0 radical (unpaired) electrons. The summed E-state index contributed by atoms with van der Waals surface area (Å²) in [6.07, 6.45) is 3.69. The SMILES string of the molecule is Cc1ccc(S(=O)(=O)Nc2cccn3cc(C)nc23)c(C)c1. The van der Waals surface area contributed by atoms with Crippen molar-refractivity contribution in [1.82, 2.24) is 9.38 Å². The van der Waals surface area contributed by atoms with Crippen LogP contribution in [0.5, 0.6) is 0 Å². The molecule has 3 aromatic rings. The third kappa shape index (κ3) is 2.57. The van der Waals surface area contributed by atoms with Crippen LogP contribution in [0.1, 0.15) is 16.8 Å². The molecular formula is C16H17N3O2S. The van der Waals surface area contributed by atoms with Gasteiger partial charge in [-0.2, -0.15) is 0 Å². The van der Waals surface area contributed by atoms with E-state index < -0.39 is 10.0 Å². The van der Waals surface area contributed by atoms with Gasteiger partial charge in [-0.05, 0) is 44.5 Å². The molecular weight excluding hydrogens is 298 g/mol. The lowest BCUT2D eigenvalue weighted by Gasteiger charge is -2.11. The summed E-state index contributed by atoms with van der Waals surface area (Å²) in [6.45, 7) is 5.60. The summed E-state index contributed by atoms with van der Waals surface area (Å²) in [5.41, 5.74) is 3.64. The van der Waals surface area contributed by atoms with E-state index in [1.807, 2.05) is 32.3 Å². The van der Waals surface area contributed by atoms with Crippen molar-refractivity contribution in [2.24, 2.45) is 0 Å². The third-order valence-electron chi connectivity index (χ3n) is 3.47. The van der Waals surface area contributed by atoms with E-state index >= 15 is 0 Å². The fourth-order valence-corrected chi connectivity index (χ4v) is 3.80. The highest BCUT2D eigenvalue weighted by molar-refractivity contribution is 7.92. The summed E-state index contributed by atoms with van der Waals surface area (Å²) in [4.78, 5) is 4.64. The fourth-order valence-electron chi connectivity index (χ4n) is 2.52. The number of aryl methyl sites for hydroxylation is 3. The van der Waals surface area contributed by atoms with Gasteiger partial charge in [0.25, 0.3) is 10.0 Å². The largest absolute Gasteiger partial charge is 0.305 e. The topological polar surface area (TPSA) is 63.5 Å². The number of fused-ring (bicyclic) bond motifs is 1. The Kier molecular flexibility index (Phi) is 3.41. The molecule has 0 aliphatic rings. The average molecular weight is 315 g/mol. The van der Waals surface area contributed by atoms with Crippen molar-refractivity contribution in [2.45, 2.75) is 25.7 Å². The van der Waals surface area contributed by atoms with Gasteiger partial charge in [0.05, 0.1) is 16.3 Å². The zero-order valence-electron chi connectivity index (χ0n) is 12.7. The number of aromatic nitrogens is 2. The molecule has 0 saturated heterocycles. The summed E-state index contributed by atoms with van der Waals surface area (Å²) in [6, 6.07) is 8.78. The van der Waals surface area contributed by atoms with Gasteiger partial charge in [-0.3, -0.25) is 4.72 Å². The van der Waals surface area contributed by atoms with Gasteiger partial charge in [-0.1, -0.05) is 17.7 Å². The Morgan fingerprint density at radius 1 is 1.14 bits per heavy atom. The van der Waals surface area contributed by atoms with E-state index in [1.54, 1.807) is 35.6 Å². The Morgan fingerprint density at radius 3 is 2.64 bits per heavy atom. The predicted molar refractivity (Wildman–Crippen MR) is 86.7 cm³/mol. The highest BCUT2D eigenvalue weighted by atomic mass is 32.2. The molecule has 1 N–H and O–H groups in total. The Labute approximate surface area is 129 Å². The van der Waals surface area contributed by atoms with Crippen LogP contribution in [0.4, 0.5) is 5.69 Å². The molecule has 0 spiro atoms. The van der Waals surface area contributed by atoms with E-state index in [1.165, 1.54) is 0 Å². The Morgan fingerprint density at radius 2 is 1.91 bits per heavy atom. The van der Waals surface area contributed by atoms with Gasteiger partial charge in [0.15, 0.2) is 5.65 Å². The van der Waals surface area contributed by atoms with E-state index in [-0.39, 0.29) is 4.90 Å². The van der Waals surface area contributed by atoms with Crippen LogP contribution in [-0.4, -0.2) is 17.8 Å². The number of rotatable bonds is 3. The molecule has 22 heavy (non-hydrogen) atoms. The molecule has 0 aliphatic carbocycles. The first-order valence-electron chi connectivity index (χ1n) is 6.91. The van der Waals surface area contributed by atoms with Crippen molar-refractivity contribution in [2.75, 3.05) is 4.72 Å². The summed E-state index contributed by atoms with van der Waals surface area (Å²) < 4.78 is 29.7. The van der Waals surface area contributed by atoms with Gasteiger partial charge in [0.2, 0.25) is 0 Å². The molecule has 3 rings (SSSR count). The number of anilines is 1. The highest BCUT2D eigenvalue weighted by Gasteiger charge is 2.18. The van der Waals surface area contributed by atoms with Crippen molar-refractivity contribution in [3.8, 4) is 0 Å². The van der Waals surface area contributed by atoms with Crippen LogP contribution in [0.3, 0.4) is 0 Å². The van der Waals surface area contributed by atoms with Gasteiger partial charge in [-0.25, -0.2) is 13.4 Å². The van der Waals surface area contributed by atoms with Gasteiger partial charge in [0.1, 0.15) is 0 Å². The second kappa shape index (κ2) is 5.14. The Hall–Kier alpha value is -2.34. The quantitative estimate of drug-likeness (QED) is 0.808. The van der Waals surface area contributed by atoms with Crippen LogP contribution in [0.15, 0.2) is 47.6 Å². The number of nitrogens with one attached hydrogen (secondary N) is 1. The molecule has 0 bridgehead atoms. The first-order valence-corrected chi connectivity index (χ1v) is 8.39. The van der Waals surface area contributed by atoms with Crippen LogP contribution < -0.4 is 4.72 Å². The summed E-state index contributed by atoms with van der Waals surface area (Å²) in [7, 11) is -3.65. The monoisotopic (exact) mass is 315 g/mol. The lowest BCUT2D eigenvalue weighted by Crippen LogP contribution is -2.15. The lowest BCUT2D eigenvalue weighted by atomic mass is 10.2. The smallest absolute Gasteiger partial charge is 0.262 e. The van der Waals surface area contributed by atoms with Gasteiger partial charge in [-0.15, -0.1) is 0 Å². The molecule has 0 aliphatic heterocycles. The summed E-state index contributed by atoms with van der Waals surface area (Å²) >= 11 is 0. The van der Waals surface area contributed by atoms with E-state index in [9.17, 15) is 8.42 Å². The van der Waals surface area contributed by atoms with Crippen molar-refractivity contribution in [1.29, 1.82) is 0 Å². The van der Waals surface area contributed by atoms with Crippen LogP contribution >= 0.6 is 0 Å². The van der Waals surface area contributed by atoms with Gasteiger partial charge < -0.3 is 4.40 Å². The fraction of sp³-hybridized carbons (Fsp3) is 0.188. The van der Waals surface area contributed by atoms with Crippen molar-refractivity contribution >= 4 is 21.4 Å². The zero-order valence-corrected chi connectivity index (χ0v) is 13.5. The molecule has 0 unspecified atom stereocenters. The van der Waals surface area contributed by atoms with Crippen molar-refractivity contribution < 1.29 is 8.42 Å². The van der Waals surface area contributed by atoms with Crippen molar-refractivity contribution in [3.05, 3.63) is 59.5 Å². The second-order valence-corrected chi connectivity index (χ2v) is 7.06. The number of nitrogens with zero attached hydrogens (tertiary/aromatic N) is 2. The minimum atomic E-state index is -3.65. The molecule has 0 saturated carbocycles. The Balaban J connectivity index is 2.07. The van der Waals surface area contributed by atoms with Crippen LogP contribution in [-0.2, 0) is 10.0 Å². The first kappa shape index (κ1) is 14.6. The maximum atomic E-state index is 12.6. The molecule has 1 aromatic carbocycles. The number of hydrogen-bond donors (Lipinski definition) is 1. The highest BCUT2D eigenvalue weighted by Crippen LogP contribution is 2.23. The predicted octanol–water partition coefficient (Wildman–Crippen LogP) is 3.06. The second-order valence-electron chi connectivity index (χ2n) is 5.41. The number of pyridine rings is 1. The van der Waals surface area contributed by atoms with E-state index in [0.717, 1.165) is 16.8 Å². The molecule has 2 aromatic heterocycles. The lowest BCUT2D eigenvalue weighted by molar-refractivity contribution is 0.600. The van der Waals surface area contributed by atoms with Crippen molar-refractivity contribution in [3.63, 3.8) is 0 Å². The maximum absolute atomic E-state index is 12.6. The minimum Gasteiger partial charge on any atom is -0.305 e. The summed E-state index contributed by atoms with van der Waals surface area (Å²) in [5, 5.41) is 0. The number of sulfonamides is 1. The van der Waals surface area contributed by atoms with Gasteiger partial charge >= 0.3 is 0 Å². The molecule has 114 valence electrons. The molecule has 2 heterocycles. The first-order chi connectivity index (χ1) is 10.4. The van der Waals surface area contributed by atoms with E-state index in [2.05, 4.69) is 9.71 Å². The Bertz CT molecular complexity index is 959. The average Bonchev–Trinajstić information content (AvgIpc) is 2.79. The van der Waals surface area contributed by atoms with E-state index in [0.29, 0.717) is 11.3 Å². The van der Waals surface area contributed by atoms with E-state index in [4.69, 9.17) is 0 Å². The molecule has 0 atom stereocenters. The molecule has 6 heteroatoms. The normalized spacial score (nSPS) is 11.8. The standard InChI is InChI=1S/C16H17N3O2S/c1-11-6-7-15(12(2)9-11)22(20,21)18-14-5-4-8-19-10-13(3)17-16(14)19/h4-10,18H,1-3H3. The molecule has 5 nitrogen and oxygen atoms in total. The number of benzene rings is 1. The minimum absolute atomic E-state index is 0.281. The summed E-state index contributed by atoms with van der Waals surface area (Å²) in [5.74, 6) is 0. The van der Waals surface area contributed by atoms with Gasteiger partial charge in [0, 0.05) is 12.4 Å². The number of hydrogen-bond acceptors (Lipinski definition) is 3.